The lowest BCUT2D eigenvalue weighted by Crippen LogP contribution is -1.96. The summed E-state index contributed by atoms with van der Waals surface area (Å²) >= 11 is 1.62. The van der Waals surface area contributed by atoms with Crippen LogP contribution in [-0.4, -0.2) is 20.7 Å². The van der Waals surface area contributed by atoms with E-state index >= 15 is 0 Å². The van der Waals surface area contributed by atoms with Gasteiger partial charge in [0, 0.05) is 30.5 Å². The van der Waals surface area contributed by atoms with Crippen LogP contribution in [0.3, 0.4) is 0 Å². The highest BCUT2D eigenvalue weighted by molar-refractivity contribution is 7.99. The maximum Gasteiger partial charge on any atom is 0.156 e. The molecule has 2 aromatic heterocycles. The Hall–Kier alpha value is -1.62. The molecular weight excluding hydrogens is 220 g/mol. The molecule has 0 bridgehead atoms. The predicted octanol–water partition coefficient (Wildman–Crippen LogP) is 1.79. The van der Waals surface area contributed by atoms with Crippen LogP contribution in [-0.2, 0) is 6.42 Å². The number of thioether (sulfide) groups is 1. The molecule has 0 radical (unpaired) electrons. The zero-order chi connectivity index (χ0) is 11.2. The van der Waals surface area contributed by atoms with Gasteiger partial charge in [0.1, 0.15) is 5.03 Å². The fourth-order valence-corrected chi connectivity index (χ4v) is 2.13. The van der Waals surface area contributed by atoms with Gasteiger partial charge in [-0.05, 0) is 24.1 Å². The Bertz CT molecular complexity index is 447. The molecule has 0 amide bonds. The van der Waals surface area contributed by atoms with Crippen molar-refractivity contribution in [3.8, 4) is 0 Å². The topological polar surface area (TPSA) is 64.7 Å². The molecule has 16 heavy (non-hydrogen) atoms. The first kappa shape index (κ1) is 10.9. The van der Waals surface area contributed by atoms with Crippen LogP contribution in [0, 0.1) is 0 Å². The zero-order valence-electron chi connectivity index (χ0n) is 8.71. The summed E-state index contributed by atoms with van der Waals surface area (Å²) in [6.45, 7) is 0. The van der Waals surface area contributed by atoms with Crippen molar-refractivity contribution in [2.75, 3.05) is 11.5 Å². The summed E-state index contributed by atoms with van der Waals surface area (Å²) in [5, 5.41) is 0.802. The van der Waals surface area contributed by atoms with E-state index < -0.39 is 0 Å². The Labute approximate surface area is 98.3 Å². The first-order chi connectivity index (χ1) is 7.86. The van der Waals surface area contributed by atoms with Gasteiger partial charge in [0.05, 0.1) is 0 Å². The van der Waals surface area contributed by atoms with Crippen LogP contribution >= 0.6 is 11.8 Å². The Balaban J connectivity index is 1.87. The molecule has 4 nitrogen and oxygen atoms in total. The third-order valence-corrected chi connectivity index (χ3v) is 3.07. The van der Waals surface area contributed by atoms with Gasteiger partial charge in [-0.2, -0.15) is 0 Å². The molecule has 2 heterocycles. The van der Waals surface area contributed by atoms with E-state index in [4.69, 9.17) is 5.73 Å². The number of nitrogens with two attached hydrogens (primary N) is 1. The van der Waals surface area contributed by atoms with E-state index in [2.05, 4.69) is 15.0 Å². The minimum atomic E-state index is 0.502. The average Bonchev–Trinajstić information content (AvgIpc) is 2.33. The Kier molecular flexibility index (Phi) is 3.71. The maximum atomic E-state index is 5.70. The van der Waals surface area contributed by atoms with E-state index in [1.165, 1.54) is 5.56 Å². The molecule has 5 heteroatoms. The van der Waals surface area contributed by atoms with E-state index in [9.17, 15) is 0 Å². The molecule has 0 aromatic carbocycles. The Morgan fingerprint density at radius 2 is 1.81 bits per heavy atom. The molecule has 2 aromatic rings. The number of aromatic nitrogens is 3. The average molecular weight is 232 g/mol. The van der Waals surface area contributed by atoms with Gasteiger partial charge in [0.25, 0.3) is 0 Å². The Morgan fingerprint density at radius 3 is 2.56 bits per heavy atom. The van der Waals surface area contributed by atoms with Crippen LogP contribution in [0.2, 0.25) is 0 Å². The lowest BCUT2D eigenvalue weighted by atomic mass is 10.2. The SMILES string of the molecule is Nc1nccnc1SCCc1ccncc1. The number of pyridine rings is 1. The van der Waals surface area contributed by atoms with Crippen molar-refractivity contribution in [2.45, 2.75) is 11.4 Å². The smallest absolute Gasteiger partial charge is 0.156 e. The molecular formula is C11H12N4S. The van der Waals surface area contributed by atoms with Gasteiger partial charge in [-0.25, -0.2) is 9.97 Å². The van der Waals surface area contributed by atoms with Crippen molar-refractivity contribution in [2.24, 2.45) is 0 Å². The van der Waals surface area contributed by atoms with E-state index in [1.54, 1.807) is 36.5 Å². The zero-order valence-corrected chi connectivity index (χ0v) is 9.52. The lowest BCUT2D eigenvalue weighted by molar-refractivity contribution is 1.06. The number of hydrogen-bond acceptors (Lipinski definition) is 5. The van der Waals surface area contributed by atoms with Gasteiger partial charge in [-0.3, -0.25) is 4.98 Å². The summed E-state index contributed by atoms with van der Waals surface area (Å²) in [6, 6.07) is 4.03. The van der Waals surface area contributed by atoms with Crippen LogP contribution < -0.4 is 5.73 Å². The lowest BCUT2D eigenvalue weighted by Gasteiger charge is -2.02. The highest BCUT2D eigenvalue weighted by Gasteiger charge is 2.01. The second-order valence-electron chi connectivity index (χ2n) is 3.20. The maximum absolute atomic E-state index is 5.70. The second kappa shape index (κ2) is 5.46. The third-order valence-electron chi connectivity index (χ3n) is 2.07. The first-order valence-corrected chi connectivity index (χ1v) is 5.93. The molecule has 0 saturated heterocycles. The van der Waals surface area contributed by atoms with Crippen molar-refractivity contribution >= 4 is 17.6 Å². The number of nitrogen functional groups attached to an aromatic ring is 1. The molecule has 0 atom stereocenters. The van der Waals surface area contributed by atoms with Crippen LogP contribution in [0.1, 0.15) is 5.56 Å². The van der Waals surface area contributed by atoms with Crippen molar-refractivity contribution in [1.29, 1.82) is 0 Å². The molecule has 0 aliphatic rings. The summed E-state index contributed by atoms with van der Waals surface area (Å²) in [6.07, 6.45) is 7.84. The third kappa shape index (κ3) is 2.93. The van der Waals surface area contributed by atoms with E-state index in [0.717, 1.165) is 17.2 Å². The van der Waals surface area contributed by atoms with Crippen LogP contribution in [0.15, 0.2) is 41.9 Å². The van der Waals surface area contributed by atoms with Gasteiger partial charge in [0.2, 0.25) is 0 Å². The van der Waals surface area contributed by atoms with Gasteiger partial charge >= 0.3 is 0 Å². The van der Waals surface area contributed by atoms with Gasteiger partial charge < -0.3 is 5.73 Å². The second-order valence-corrected chi connectivity index (χ2v) is 4.28. The highest BCUT2D eigenvalue weighted by atomic mass is 32.2. The summed E-state index contributed by atoms with van der Waals surface area (Å²) < 4.78 is 0. The molecule has 0 spiro atoms. The summed E-state index contributed by atoms with van der Waals surface area (Å²) in [5.41, 5.74) is 6.96. The predicted molar refractivity (Wildman–Crippen MR) is 65.1 cm³/mol. The highest BCUT2D eigenvalue weighted by Crippen LogP contribution is 2.20. The molecule has 0 fully saturated rings. The quantitative estimate of drug-likeness (QED) is 0.814. The van der Waals surface area contributed by atoms with E-state index in [0.29, 0.717) is 5.82 Å². The van der Waals surface area contributed by atoms with Crippen molar-refractivity contribution in [3.05, 3.63) is 42.5 Å². The van der Waals surface area contributed by atoms with Crippen LogP contribution in [0.4, 0.5) is 5.82 Å². The van der Waals surface area contributed by atoms with E-state index in [1.807, 2.05) is 12.1 Å². The summed E-state index contributed by atoms with van der Waals surface area (Å²) in [5.74, 6) is 1.44. The van der Waals surface area contributed by atoms with Crippen molar-refractivity contribution < 1.29 is 0 Å². The fraction of sp³-hybridized carbons (Fsp3) is 0.182. The summed E-state index contributed by atoms with van der Waals surface area (Å²) in [4.78, 5) is 12.1. The number of rotatable bonds is 4. The van der Waals surface area contributed by atoms with Crippen molar-refractivity contribution in [3.63, 3.8) is 0 Å². The molecule has 0 saturated carbocycles. The molecule has 2 N–H and O–H groups in total. The Morgan fingerprint density at radius 1 is 1.06 bits per heavy atom. The molecule has 0 aliphatic carbocycles. The monoisotopic (exact) mass is 232 g/mol. The van der Waals surface area contributed by atoms with Gasteiger partial charge in [-0.1, -0.05) is 0 Å². The first-order valence-electron chi connectivity index (χ1n) is 4.94. The number of hydrogen-bond donors (Lipinski definition) is 1. The molecule has 0 aliphatic heterocycles. The molecule has 0 unspecified atom stereocenters. The van der Waals surface area contributed by atoms with E-state index in [-0.39, 0.29) is 0 Å². The largest absolute Gasteiger partial charge is 0.381 e. The van der Waals surface area contributed by atoms with Crippen molar-refractivity contribution in [1.82, 2.24) is 15.0 Å². The van der Waals surface area contributed by atoms with Gasteiger partial charge in [0.15, 0.2) is 5.82 Å². The number of anilines is 1. The fourth-order valence-electron chi connectivity index (χ4n) is 1.26. The minimum absolute atomic E-state index is 0.502. The molecule has 82 valence electrons. The normalized spacial score (nSPS) is 10.2. The molecule has 2 rings (SSSR count). The summed E-state index contributed by atoms with van der Waals surface area (Å²) in [7, 11) is 0. The number of nitrogens with zero attached hydrogens (tertiary/aromatic N) is 3. The van der Waals surface area contributed by atoms with Gasteiger partial charge in [-0.15, -0.1) is 11.8 Å². The standard InChI is InChI=1S/C11H12N4S/c12-10-11(15-7-6-14-10)16-8-3-9-1-4-13-5-2-9/h1-2,4-7H,3,8H2,(H2,12,14). The minimum Gasteiger partial charge on any atom is -0.381 e. The number of aryl methyl sites for hydroxylation is 1. The van der Waals surface area contributed by atoms with Crippen LogP contribution in [0.25, 0.3) is 0 Å². The van der Waals surface area contributed by atoms with Crippen LogP contribution in [0.5, 0.6) is 0 Å².